The highest BCUT2D eigenvalue weighted by Crippen LogP contribution is 2.22. The van der Waals surface area contributed by atoms with Crippen molar-refractivity contribution in [3.8, 4) is 11.5 Å². The van der Waals surface area contributed by atoms with E-state index in [0.717, 1.165) is 0 Å². The Morgan fingerprint density at radius 1 is 0.800 bits per heavy atom. The highest BCUT2D eigenvalue weighted by molar-refractivity contribution is 5.51. The second kappa shape index (κ2) is 8.40. The first-order chi connectivity index (χ1) is 14.6. The van der Waals surface area contributed by atoms with Crippen molar-refractivity contribution in [1.29, 1.82) is 0 Å². The molecule has 30 heavy (non-hydrogen) atoms. The maximum absolute atomic E-state index is 13.0. The minimum absolute atomic E-state index is 0.113. The third-order valence-corrected chi connectivity index (χ3v) is 4.20. The number of ether oxygens (including phenoxy) is 1. The molecule has 0 amide bonds. The number of aromatic nitrogens is 3. The van der Waals surface area contributed by atoms with E-state index < -0.39 is 11.1 Å². The summed E-state index contributed by atoms with van der Waals surface area (Å²) in [4.78, 5) is 34.0. The Balaban J connectivity index is 1.67. The first kappa shape index (κ1) is 19.1. The van der Waals surface area contributed by atoms with Crippen molar-refractivity contribution in [3.63, 3.8) is 0 Å². The number of hydrogen-bond donors (Lipinski definition) is 2. The molecule has 7 heteroatoms. The van der Waals surface area contributed by atoms with E-state index in [1.807, 2.05) is 0 Å². The average molecular weight is 401 g/mol. The van der Waals surface area contributed by atoms with Gasteiger partial charge in [-0.15, -0.1) is 0 Å². The predicted molar refractivity (Wildman–Crippen MR) is 111 cm³/mol. The number of rotatable bonds is 4. The molecule has 4 rings (SSSR count). The van der Waals surface area contributed by atoms with Gasteiger partial charge >= 0.3 is 0 Å². The van der Waals surface area contributed by atoms with Crippen LogP contribution >= 0.6 is 0 Å². The lowest BCUT2D eigenvalue weighted by Gasteiger charge is -2.06. The van der Waals surface area contributed by atoms with Crippen LogP contribution in [0, 0.1) is 5.82 Å². The summed E-state index contributed by atoms with van der Waals surface area (Å²) >= 11 is 0. The van der Waals surface area contributed by atoms with Crippen LogP contribution in [0.1, 0.15) is 11.1 Å². The molecule has 0 aliphatic carbocycles. The Bertz CT molecular complexity index is 1410. The largest absolute Gasteiger partial charge is 0.457 e. The number of halogens is 1. The Labute approximate surface area is 169 Å². The molecule has 148 valence electrons. The highest BCUT2D eigenvalue weighted by atomic mass is 19.1. The molecule has 2 heterocycles. The predicted octanol–water partition coefficient (Wildman–Crippen LogP) is 2.05. The average Bonchev–Trinajstić information content (AvgIpc) is 2.74. The fraction of sp³-hybridized carbons (Fsp3) is 0. The van der Waals surface area contributed by atoms with E-state index in [1.165, 1.54) is 24.3 Å². The molecular formula is C23H16FN3O3. The topological polar surface area (TPSA) is 87.8 Å². The third-order valence-electron chi connectivity index (χ3n) is 4.20. The lowest BCUT2D eigenvalue weighted by Crippen LogP contribution is -2.46. The summed E-state index contributed by atoms with van der Waals surface area (Å²) in [6, 6.07) is 16.1. The monoisotopic (exact) mass is 401 g/mol. The van der Waals surface area contributed by atoms with E-state index in [0.29, 0.717) is 22.6 Å². The first-order valence-corrected chi connectivity index (χ1v) is 9.06. The molecule has 4 aromatic rings. The van der Waals surface area contributed by atoms with E-state index >= 15 is 0 Å². The molecule has 0 aliphatic heterocycles. The molecule has 0 atom stereocenters. The van der Waals surface area contributed by atoms with Crippen LogP contribution < -0.4 is 26.6 Å². The summed E-state index contributed by atoms with van der Waals surface area (Å²) in [7, 11) is 0. The summed E-state index contributed by atoms with van der Waals surface area (Å²) in [5, 5.41) is 0.251. The molecule has 2 aromatic heterocycles. The molecule has 2 N–H and O–H groups in total. The number of nitrogens with zero attached hydrogens (tertiary/aromatic N) is 1. The highest BCUT2D eigenvalue weighted by Gasteiger charge is 2.01. The molecule has 0 saturated carbocycles. The third kappa shape index (κ3) is 4.59. The van der Waals surface area contributed by atoms with Crippen molar-refractivity contribution in [1.82, 2.24) is 15.0 Å². The van der Waals surface area contributed by atoms with Crippen LogP contribution in [0.5, 0.6) is 11.5 Å². The molecule has 0 radical (unpaired) electrons. The van der Waals surface area contributed by atoms with Crippen molar-refractivity contribution >= 4 is 12.2 Å². The number of hydrogen-bond acceptors (Lipinski definition) is 4. The van der Waals surface area contributed by atoms with E-state index in [9.17, 15) is 14.0 Å². The van der Waals surface area contributed by atoms with Crippen molar-refractivity contribution in [3.05, 3.63) is 121 Å². The quantitative estimate of drug-likeness (QED) is 0.548. The summed E-state index contributed by atoms with van der Waals surface area (Å²) in [6.45, 7) is 0. The van der Waals surface area contributed by atoms with Gasteiger partial charge in [-0.1, -0.05) is 18.2 Å². The van der Waals surface area contributed by atoms with Gasteiger partial charge in [-0.3, -0.25) is 14.6 Å². The smallest absolute Gasteiger partial charge is 0.272 e. The van der Waals surface area contributed by atoms with Crippen LogP contribution in [-0.2, 0) is 0 Å². The van der Waals surface area contributed by atoms with Crippen LogP contribution in [0.25, 0.3) is 12.2 Å². The minimum Gasteiger partial charge on any atom is -0.457 e. The van der Waals surface area contributed by atoms with Crippen molar-refractivity contribution in [2.75, 3.05) is 0 Å². The zero-order valence-electron chi connectivity index (χ0n) is 15.6. The number of H-pyrrole nitrogens is 2. The van der Waals surface area contributed by atoms with Crippen LogP contribution in [-0.4, -0.2) is 15.0 Å². The minimum atomic E-state index is -0.436. The SMILES string of the molecule is O=c1[nH]/c(=C\c2cccc(Oc3ccc(F)cc3)c2)c(=O)[nH]/c1=C\c1cccnc1. The van der Waals surface area contributed by atoms with Gasteiger partial charge < -0.3 is 14.7 Å². The van der Waals surface area contributed by atoms with Crippen molar-refractivity contribution < 1.29 is 9.13 Å². The van der Waals surface area contributed by atoms with Gasteiger partial charge in [0.2, 0.25) is 0 Å². The lowest BCUT2D eigenvalue weighted by molar-refractivity contribution is 0.480. The molecular weight excluding hydrogens is 385 g/mol. The van der Waals surface area contributed by atoms with Crippen molar-refractivity contribution in [2.45, 2.75) is 0 Å². The first-order valence-electron chi connectivity index (χ1n) is 9.06. The van der Waals surface area contributed by atoms with Gasteiger partial charge in [-0.05, 0) is 65.7 Å². The zero-order chi connectivity index (χ0) is 20.9. The molecule has 0 fully saturated rings. The Hall–Kier alpha value is -4.26. The maximum Gasteiger partial charge on any atom is 0.272 e. The maximum atomic E-state index is 13.0. The fourth-order valence-electron chi connectivity index (χ4n) is 2.80. The van der Waals surface area contributed by atoms with Crippen LogP contribution in [0.15, 0.2) is 82.6 Å². The van der Waals surface area contributed by atoms with Gasteiger partial charge in [0.1, 0.15) is 28.0 Å². The second-order valence-electron chi connectivity index (χ2n) is 6.44. The molecule has 0 saturated heterocycles. The molecule has 0 unspecified atom stereocenters. The Morgan fingerprint density at radius 2 is 1.47 bits per heavy atom. The van der Waals surface area contributed by atoms with Gasteiger partial charge in [-0.2, -0.15) is 0 Å². The molecule has 2 aromatic carbocycles. The lowest BCUT2D eigenvalue weighted by atomic mass is 10.2. The van der Waals surface area contributed by atoms with Gasteiger partial charge in [0, 0.05) is 12.4 Å². The van der Waals surface area contributed by atoms with Crippen molar-refractivity contribution in [2.24, 2.45) is 0 Å². The molecule has 0 aliphatic rings. The summed E-state index contributed by atoms with van der Waals surface area (Å²) in [5.74, 6) is 0.641. The number of pyridine rings is 1. The van der Waals surface area contributed by atoms with E-state index in [1.54, 1.807) is 60.9 Å². The number of benzene rings is 2. The van der Waals surface area contributed by atoms with E-state index in [2.05, 4.69) is 15.0 Å². The second-order valence-corrected chi connectivity index (χ2v) is 6.44. The van der Waals surface area contributed by atoms with Gasteiger partial charge in [-0.25, -0.2) is 4.39 Å². The van der Waals surface area contributed by atoms with Gasteiger partial charge in [0.25, 0.3) is 11.1 Å². The fourth-order valence-corrected chi connectivity index (χ4v) is 2.80. The normalized spacial score (nSPS) is 12.2. The summed E-state index contributed by atoms with van der Waals surface area (Å²) in [6.07, 6.45) is 6.31. The Morgan fingerprint density at radius 3 is 2.13 bits per heavy atom. The zero-order valence-corrected chi connectivity index (χ0v) is 15.6. The van der Waals surface area contributed by atoms with Crippen LogP contribution in [0.4, 0.5) is 4.39 Å². The van der Waals surface area contributed by atoms with Gasteiger partial charge in [0.05, 0.1) is 0 Å². The summed E-state index contributed by atoms with van der Waals surface area (Å²) in [5.41, 5.74) is 0.485. The molecule has 0 bridgehead atoms. The Kier molecular flexibility index (Phi) is 5.34. The van der Waals surface area contributed by atoms with E-state index in [4.69, 9.17) is 4.74 Å². The van der Waals surface area contributed by atoms with E-state index in [-0.39, 0.29) is 16.5 Å². The summed E-state index contributed by atoms with van der Waals surface area (Å²) < 4.78 is 18.7. The number of nitrogens with one attached hydrogen (secondary N) is 2. The van der Waals surface area contributed by atoms with Crippen LogP contribution in [0.2, 0.25) is 0 Å². The number of aromatic amines is 2. The van der Waals surface area contributed by atoms with Crippen LogP contribution in [0.3, 0.4) is 0 Å². The van der Waals surface area contributed by atoms with Gasteiger partial charge in [0.15, 0.2) is 0 Å². The standard InChI is InChI=1S/C23H16FN3O3/c24-17-6-8-18(9-7-17)30-19-5-1-3-15(11-19)12-20-22(28)27-21(23(29)26-20)13-16-4-2-10-25-14-16/h1-14H,(H,26,29)(H,27,28)/b20-12-,21-13-. The molecule has 6 nitrogen and oxygen atoms in total. The molecule has 0 spiro atoms.